The Labute approximate surface area is 139 Å². The molecule has 5 heteroatoms. The average molecular weight is 320 g/mol. The molecule has 2 fully saturated rings. The SMILES string of the molecule is COc1ccc(C)cc1NC(=O)OC1CC2CCCC(C1)N2C.[HH]. The van der Waals surface area contributed by atoms with Crippen LogP contribution in [0.1, 0.15) is 39.1 Å². The van der Waals surface area contributed by atoms with Gasteiger partial charge in [-0.2, -0.15) is 0 Å². The van der Waals surface area contributed by atoms with E-state index in [0.29, 0.717) is 23.5 Å². The number of carbonyl (C=O) groups is 1. The Morgan fingerprint density at radius 3 is 2.65 bits per heavy atom. The standard InChI is InChI=1S/C18H26N2O3.H2/c1-12-7-8-17(22-3)16(9-12)19-18(21)23-15-10-13-5-4-6-14(11-15)20(13)2;/h7-9,13-15H,4-6,10-11H2,1-3H3,(H,19,21);1H. The summed E-state index contributed by atoms with van der Waals surface area (Å²) >= 11 is 0. The molecule has 0 aromatic heterocycles. The van der Waals surface area contributed by atoms with E-state index in [9.17, 15) is 4.79 Å². The molecule has 1 amide bonds. The molecule has 1 aromatic carbocycles. The Morgan fingerprint density at radius 1 is 1.30 bits per heavy atom. The molecular formula is C18H28N2O3. The van der Waals surface area contributed by atoms with Crippen molar-refractivity contribution in [1.82, 2.24) is 4.90 Å². The molecule has 2 saturated heterocycles. The number of ether oxygens (including phenoxy) is 2. The Hall–Kier alpha value is -1.75. The number of rotatable bonds is 3. The predicted molar refractivity (Wildman–Crippen MR) is 92.2 cm³/mol. The number of benzene rings is 1. The summed E-state index contributed by atoms with van der Waals surface area (Å²) in [6.45, 7) is 1.98. The van der Waals surface area contributed by atoms with Gasteiger partial charge in [0.15, 0.2) is 0 Å². The third kappa shape index (κ3) is 3.61. The Kier molecular flexibility index (Phi) is 4.76. The highest BCUT2D eigenvalue weighted by Crippen LogP contribution is 2.34. The van der Waals surface area contributed by atoms with Gasteiger partial charge in [0, 0.05) is 26.4 Å². The predicted octanol–water partition coefficient (Wildman–Crippen LogP) is 3.81. The second-order valence-corrected chi connectivity index (χ2v) is 6.73. The molecule has 3 rings (SSSR count). The summed E-state index contributed by atoms with van der Waals surface area (Å²) in [6.07, 6.45) is 5.20. The van der Waals surface area contributed by atoms with E-state index in [1.165, 1.54) is 19.3 Å². The van der Waals surface area contributed by atoms with Crippen LogP contribution in [0.25, 0.3) is 0 Å². The number of fused-ring (bicyclic) bond motifs is 2. The molecule has 2 unspecified atom stereocenters. The van der Waals surface area contributed by atoms with Crippen molar-refractivity contribution in [3.05, 3.63) is 23.8 Å². The minimum Gasteiger partial charge on any atom is -0.495 e. The van der Waals surface area contributed by atoms with Crippen LogP contribution in [0, 0.1) is 6.92 Å². The van der Waals surface area contributed by atoms with Gasteiger partial charge in [0.25, 0.3) is 0 Å². The van der Waals surface area contributed by atoms with Crippen molar-refractivity contribution in [2.75, 3.05) is 19.5 Å². The fraction of sp³-hybridized carbons (Fsp3) is 0.611. The van der Waals surface area contributed by atoms with Crippen molar-refractivity contribution in [2.45, 2.75) is 57.2 Å². The first kappa shape index (κ1) is 16.1. The quantitative estimate of drug-likeness (QED) is 0.920. The Morgan fingerprint density at radius 2 is 2.00 bits per heavy atom. The smallest absolute Gasteiger partial charge is 0.412 e. The zero-order valence-electron chi connectivity index (χ0n) is 14.2. The summed E-state index contributed by atoms with van der Waals surface area (Å²) in [4.78, 5) is 14.7. The van der Waals surface area contributed by atoms with Gasteiger partial charge in [-0.1, -0.05) is 12.5 Å². The highest BCUT2D eigenvalue weighted by atomic mass is 16.6. The zero-order chi connectivity index (χ0) is 16.4. The van der Waals surface area contributed by atoms with Crippen LogP contribution in [0.2, 0.25) is 0 Å². The van der Waals surface area contributed by atoms with Crippen LogP contribution in [0.4, 0.5) is 10.5 Å². The molecule has 2 aliphatic rings. The second kappa shape index (κ2) is 6.79. The highest BCUT2D eigenvalue weighted by molar-refractivity contribution is 5.87. The molecule has 5 nitrogen and oxygen atoms in total. The lowest BCUT2D eigenvalue weighted by Gasteiger charge is -2.46. The van der Waals surface area contributed by atoms with Gasteiger partial charge in [-0.15, -0.1) is 0 Å². The summed E-state index contributed by atoms with van der Waals surface area (Å²) < 4.78 is 11.0. The van der Waals surface area contributed by atoms with E-state index in [0.717, 1.165) is 18.4 Å². The van der Waals surface area contributed by atoms with E-state index in [2.05, 4.69) is 17.3 Å². The van der Waals surface area contributed by atoms with Crippen molar-refractivity contribution in [3.63, 3.8) is 0 Å². The number of aryl methyl sites for hydroxylation is 1. The van der Waals surface area contributed by atoms with E-state index < -0.39 is 0 Å². The van der Waals surface area contributed by atoms with Gasteiger partial charge in [0.1, 0.15) is 11.9 Å². The maximum absolute atomic E-state index is 12.3. The molecule has 0 saturated carbocycles. The summed E-state index contributed by atoms with van der Waals surface area (Å²) in [5.74, 6) is 0.646. The molecule has 0 radical (unpaired) electrons. The lowest BCUT2D eigenvalue weighted by molar-refractivity contribution is -0.0161. The molecule has 128 valence electrons. The molecule has 0 spiro atoms. The van der Waals surface area contributed by atoms with E-state index in [-0.39, 0.29) is 13.6 Å². The van der Waals surface area contributed by atoms with Crippen LogP contribution in [-0.2, 0) is 4.74 Å². The maximum Gasteiger partial charge on any atom is 0.412 e. The van der Waals surface area contributed by atoms with Gasteiger partial charge >= 0.3 is 6.09 Å². The molecule has 2 heterocycles. The third-order valence-corrected chi connectivity index (χ3v) is 5.16. The van der Waals surface area contributed by atoms with Crippen LogP contribution in [0.3, 0.4) is 0 Å². The van der Waals surface area contributed by atoms with Crippen LogP contribution < -0.4 is 10.1 Å². The summed E-state index contributed by atoms with van der Waals surface area (Å²) in [7, 11) is 3.79. The van der Waals surface area contributed by atoms with Gasteiger partial charge in [0.2, 0.25) is 0 Å². The number of nitrogens with zero attached hydrogens (tertiary/aromatic N) is 1. The summed E-state index contributed by atoms with van der Waals surface area (Å²) in [6, 6.07) is 6.80. The summed E-state index contributed by atoms with van der Waals surface area (Å²) in [5.41, 5.74) is 1.72. The van der Waals surface area contributed by atoms with Crippen LogP contribution in [-0.4, -0.2) is 43.3 Å². The van der Waals surface area contributed by atoms with E-state index in [4.69, 9.17) is 9.47 Å². The number of anilines is 1. The lowest BCUT2D eigenvalue weighted by Crippen LogP contribution is -2.52. The van der Waals surface area contributed by atoms with Gasteiger partial charge in [-0.3, -0.25) is 5.32 Å². The average Bonchev–Trinajstić information content (AvgIpc) is 2.48. The number of amides is 1. The molecule has 1 N–H and O–H groups in total. The molecule has 2 bridgehead atoms. The monoisotopic (exact) mass is 320 g/mol. The number of hydrogen-bond acceptors (Lipinski definition) is 4. The molecule has 23 heavy (non-hydrogen) atoms. The van der Waals surface area contributed by atoms with Gasteiger partial charge in [0.05, 0.1) is 12.8 Å². The van der Waals surface area contributed by atoms with Gasteiger partial charge in [-0.05, 0) is 44.5 Å². The zero-order valence-corrected chi connectivity index (χ0v) is 14.2. The third-order valence-electron chi connectivity index (χ3n) is 5.16. The van der Waals surface area contributed by atoms with Crippen LogP contribution in [0.5, 0.6) is 5.75 Å². The van der Waals surface area contributed by atoms with Gasteiger partial charge in [-0.25, -0.2) is 4.79 Å². The number of carbonyl (C=O) groups excluding carboxylic acids is 1. The first-order valence-electron chi connectivity index (χ1n) is 8.41. The van der Waals surface area contributed by atoms with Crippen LogP contribution in [0.15, 0.2) is 18.2 Å². The number of piperidine rings is 2. The van der Waals surface area contributed by atoms with E-state index in [1.54, 1.807) is 7.11 Å². The fourth-order valence-electron chi connectivity index (χ4n) is 3.87. The molecule has 1 aromatic rings. The topological polar surface area (TPSA) is 50.8 Å². The van der Waals surface area contributed by atoms with Crippen molar-refractivity contribution < 1.29 is 15.7 Å². The van der Waals surface area contributed by atoms with Crippen molar-refractivity contribution in [1.29, 1.82) is 0 Å². The molecule has 2 aliphatic heterocycles. The fourth-order valence-corrected chi connectivity index (χ4v) is 3.87. The molecule has 0 aliphatic carbocycles. The molecule has 2 atom stereocenters. The number of hydrogen-bond donors (Lipinski definition) is 1. The van der Waals surface area contributed by atoms with Crippen molar-refractivity contribution in [2.24, 2.45) is 0 Å². The van der Waals surface area contributed by atoms with Crippen molar-refractivity contribution >= 4 is 11.8 Å². The van der Waals surface area contributed by atoms with E-state index >= 15 is 0 Å². The minimum absolute atomic E-state index is 0. The van der Waals surface area contributed by atoms with Crippen molar-refractivity contribution in [3.8, 4) is 5.75 Å². The highest BCUT2D eigenvalue weighted by Gasteiger charge is 2.37. The Balaban J connectivity index is 0.00000208. The lowest BCUT2D eigenvalue weighted by atomic mass is 9.83. The molecular weight excluding hydrogens is 292 g/mol. The Bertz CT molecular complexity index is 567. The van der Waals surface area contributed by atoms with Crippen LogP contribution >= 0.6 is 0 Å². The summed E-state index contributed by atoms with van der Waals surface area (Å²) in [5, 5.41) is 2.83. The maximum atomic E-state index is 12.3. The second-order valence-electron chi connectivity index (χ2n) is 6.73. The number of methoxy groups -OCH3 is 1. The normalized spacial score (nSPS) is 27.3. The first-order chi connectivity index (χ1) is 11.1. The first-order valence-corrected chi connectivity index (χ1v) is 8.41. The number of nitrogens with one attached hydrogen (secondary N) is 1. The largest absolute Gasteiger partial charge is 0.495 e. The van der Waals surface area contributed by atoms with E-state index in [1.807, 2.05) is 25.1 Å². The van der Waals surface area contributed by atoms with Gasteiger partial charge < -0.3 is 14.4 Å². The minimum atomic E-state index is -0.387.